The monoisotopic (exact) mass is 370 g/mol. The minimum absolute atomic E-state index is 0. The first-order valence-electron chi connectivity index (χ1n) is 7.24. The highest BCUT2D eigenvalue weighted by atomic mass is 35.5. The summed E-state index contributed by atoms with van der Waals surface area (Å²) in [6, 6.07) is 1.11. The number of alkyl halides is 3. The predicted octanol–water partition coefficient (Wildman–Crippen LogP) is 2.64. The fraction of sp³-hybridized carbons (Fsp3) is 0.600. The number of rotatable bonds is 5. The van der Waals surface area contributed by atoms with Gasteiger partial charge in [0.05, 0.1) is 21.3 Å². The van der Waals surface area contributed by atoms with E-state index in [1.807, 2.05) is 0 Å². The molecule has 1 heterocycles. The summed E-state index contributed by atoms with van der Waals surface area (Å²) in [6.45, 7) is 1.65. The van der Waals surface area contributed by atoms with Crippen LogP contribution in [0, 0.1) is 0 Å². The van der Waals surface area contributed by atoms with E-state index in [9.17, 15) is 13.2 Å². The summed E-state index contributed by atoms with van der Waals surface area (Å²) in [6.07, 6.45) is -4.43. The Morgan fingerprint density at radius 1 is 1.00 bits per heavy atom. The molecule has 1 fully saturated rings. The Labute approximate surface area is 145 Å². The molecule has 0 radical (unpaired) electrons. The summed E-state index contributed by atoms with van der Waals surface area (Å²) in [7, 11) is 4.12. The zero-order valence-corrected chi connectivity index (χ0v) is 14.6. The molecule has 1 aromatic rings. The lowest BCUT2D eigenvalue weighted by Crippen LogP contribution is -2.49. The second kappa shape index (κ2) is 8.64. The highest BCUT2D eigenvalue weighted by Gasteiger charge is 2.47. The zero-order valence-electron chi connectivity index (χ0n) is 13.8. The van der Waals surface area contributed by atoms with Gasteiger partial charge in [-0.1, -0.05) is 0 Å². The summed E-state index contributed by atoms with van der Waals surface area (Å²) in [4.78, 5) is 1.40. The van der Waals surface area contributed by atoms with Gasteiger partial charge in [-0.15, -0.1) is 12.4 Å². The van der Waals surface area contributed by atoms with Crippen molar-refractivity contribution in [1.29, 1.82) is 0 Å². The second-order valence-corrected chi connectivity index (χ2v) is 5.15. The summed E-state index contributed by atoms with van der Waals surface area (Å²) < 4.78 is 56.8. The number of ether oxygens (including phenoxy) is 3. The van der Waals surface area contributed by atoms with Gasteiger partial charge in [0.1, 0.15) is 6.04 Å². The molecule has 2 rings (SSSR count). The van der Waals surface area contributed by atoms with Crippen molar-refractivity contribution in [3.05, 3.63) is 17.7 Å². The van der Waals surface area contributed by atoms with Gasteiger partial charge in [-0.2, -0.15) is 13.2 Å². The molecular weight excluding hydrogens is 349 g/mol. The molecule has 0 saturated carbocycles. The van der Waals surface area contributed by atoms with Gasteiger partial charge in [0, 0.05) is 31.7 Å². The van der Waals surface area contributed by atoms with Crippen LogP contribution in [0.4, 0.5) is 13.2 Å². The number of piperazine rings is 1. The van der Waals surface area contributed by atoms with Crippen molar-refractivity contribution in [3.8, 4) is 17.2 Å². The number of nitrogens with one attached hydrogen (secondary N) is 1. The predicted molar refractivity (Wildman–Crippen MR) is 86.6 cm³/mol. The van der Waals surface area contributed by atoms with Crippen molar-refractivity contribution in [1.82, 2.24) is 10.2 Å². The Morgan fingerprint density at radius 3 is 2.04 bits per heavy atom. The third-order valence-electron chi connectivity index (χ3n) is 3.86. The van der Waals surface area contributed by atoms with Crippen LogP contribution in [0.1, 0.15) is 11.6 Å². The van der Waals surface area contributed by atoms with Crippen LogP contribution in [-0.2, 0) is 0 Å². The fourth-order valence-corrected chi connectivity index (χ4v) is 2.86. The Bertz CT molecular complexity index is 537. The minimum atomic E-state index is -4.43. The van der Waals surface area contributed by atoms with Crippen LogP contribution in [0.15, 0.2) is 12.1 Å². The summed E-state index contributed by atoms with van der Waals surface area (Å²) in [5, 5.41) is 3.06. The maximum Gasteiger partial charge on any atom is 0.408 e. The lowest BCUT2D eigenvalue weighted by atomic mass is 10.0. The first-order valence-corrected chi connectivity index (χ1v) is 7.24. The van der Waals surface area contributed by atoms with E-state index in [1.54, 1.807) is 0 Å². The fourth-order valence-electron chi connectivity index (χ4n) is 2.86. The molecule has 1 aliphatic rings. The van der Waals surface area contributed by atoms with Crippen molar-refractivity contribution in [2.24, 2.45) is 0 Å². The summed E-state index contributed by atoms with van der Waals surface area (Å²) in [5.41, 5.74) is 0.0274. The van der Waals surface area contributed by atoms with E-state index >= 15 is 0 Å². The smallest absolute Gasteiger partial charge is 0.408 e. The first kappa shape index (κ1) is 20.7. The van der Waals surface area contributed by atoms with Gasteiger partial charge < -0.3 is 19.5 Å². The van der Waals surface area contributed by atoms with E-state index in [0.29, 0.717) is 31.9 Å². The van der Waals surface area contributed by atoms with Crippen molar-refractivity contribution in [2.75, 3.05) is 47.5 Å². The third kappa shape index (κ3) is 4.17. The van der Waals surface area contributed by atoms with Gasteiger partial charge in [-0.05, 0) is 12.1 Å². The van der Waals surface area contributed by atoms with Crippen LogP contribution < -0.4 is 19.5 Å². The molecule has 1 aromatic carbocycles. The maximum absolute atomic E-state index is 13.7. The summed E-state index contributed by atoms with van der Waals surface area (Å²) in [5.74, 6) is 0.541. The van der Waals surface area contributed by atoms with Crippen LogP contribution in [0.5, 0.6) is 17.2 Å². The largest absolute Gasteiger partial charge is 0.493 e. The first-order chi connectivity index (χ1) is 10.9. The standard InChI is InChI=1S/C15H21F3N2O3.ClH/c1-21-11-5-4-10(12(22-2)13(11)23-3)14(15(16,17)18)20-8-6-19-7-9-20;/h4-5,14,19H,6-9H2,1-3H3;1H/t14-;/m0./s1. The van der Waals surface area contributed by atoms with Gasteiger partial charge in [0.15, 0.2) is 11.5 Å². The van der Waals surface area contributed by atoms with Crippen LogP contribution in [0.25, 0.3) is 0 Å². The Balaban J connectivity index is 0.00000288. The molecule has 1 N–H and O–H groups in total. The number of hydrogen-bond donors (Lipinski definition) is 1. The molecule has 0 amide bonds. The Kier molecular flexibility index (Phi) is 7.44. The van der Waals surface area contributed by atoms with Crippen molar-refractivity contribution < 1.29 is 27.4 Å². The molecular formula is C15H22ClF3N2O3. The number of hydrogen-bond acceptors (Lipinski definition) is 5. The van der Waals surface area contributed by atoms with Crippen molar-refractivity contribution in [2.45, 2.75) is 12.2 Å². The maximum atomic E-state index is 13.7. The summed E-state index contributed by atoms with van der Waals surface area (Å²) >= 11 is 0. The van der Waals surface area contributed by atoms with Crippen LogP contribution in [-0.4, -0.2) is 58.6 Å². The molecule has 0 unspecified atom stereocenters. The quantitative estimate of drug-likeness (QED) is 0.863. The molecule has 1 atom stereocenters. The molecule has 1 saturated heterocycles. The minimum Gasteiger partial charge on any atom is -0.493 e. The molecule has 138 valence electrons. The number of nitrogens with zero attached hydrogens (tertiary/aromatic N) is 1. The normalized spacial score (nSPS) is 16.9. The van der Waals surface area contributed by atoms with E-state index in [4.69, 9.17) is 14.2 Å². The zero-order chi connectivity index (χ0) is 17.0. The van der Waals surface area contributed by atoms with Gasteiger partial charge in [0.2, 0.25) is 5.75 Å². The molecule has 0 aromatic heterocycles. The highest BCUT2D eigenvalue weighted by molar-refractivity contribution is 5.85. The molecule has 24 heavy (non-hydrogen) atoms. The van der Waals surface area contributed by atoms with Gasteiger partial charge in [-0.3, -0.25) is 4.90 Å². The van der Waals surface area contributed by atoms with Crippen molar-refractivity contribution >= 4 is 12.4 Å². The molecule has 9 heteroatoms. The molecule has 1 aliphatic heterocycles. The van der Waals surface area contributed by atoms with E-state index in [-0.39, 0.29) is 29.5 Å². The molecule has 0 aliphatic carbocycles. The van der Waals surface area contributed by atoms with E-state index in [0.717, 1.165) is 0 Å². The molecule has 0 spiro atoms. The van der Waals surface area contributed by atoms with Gasteiger partial charge in [-0.25, -0.2) is 0 Å². The lowest BCUT2D eigenvalue weighted by Gasteiger charge is -2.36. The molecule has 0 bridgehead atoms. The van der Waals surface area contributed by atoms with E-state index < -0.39 is 12.2 Å². The average Bonchev–Trinajstić information content (AvgIpc) is 2.54. The highest BCUT2D eigenvalue weighted by Crippen LogP contribution is 2.48. The number of methoxy groups -OCH3 is 3. The topological polar surface area (TPSA) is 43.0 Å². The number of halogens is 4. The molecule has 5 nitrogen and oxygen atoms in total. The average molecular weight is 371 g/mol. The lowest BCUT2D eigenvalue weighted by molar-refractivity contribution is -0.188. The van der Waals surface area contributed by atoms with Crippen LogP contribution in [0.3, 0.4) is 0 Å². The number of benzene rings is 1. The van der Waals surface area contributed by atoms with E-state index in [2.05, 4.69) is 5.32 Å². The van der Waals surface area contributed by atoms with E-state index in [1.165, 1.54) is 38.4 Å². The van der Waals surface area contributed by atoms with Crippen molar-refractivity contribution in [3.63, 3.8) is 0 Å². The van der Waals surface area contributed by atoms with Crippen LogP contribution >= 0.6 is 12.4 Å². The Morgan fingerprint density at radius 2 is 1.58 bits per heavy atom. The van der Waals surface area contributed by atoms with Gasteiger partial charge >= 0.3 is 6.18 Å². The third-order valence-corrected chi connectivity index (χ3v) is 3.86. The second-order valence-electron chi connectivity index (χ2n) is 5.15. The Hall–Kier alpha value is -1.38. The SMILES string of the molecule is COc1ccc([C@H](N2CCNCC2)C(F)(F)F)c(OC)c1OC.Cl. The van der Waals surface area contributed by atoms with Gasteiger partial charge in [0.25, 0.3) is 0 Å². The van der Waals surface area contributed by atoms with Crippen LogP contribution in [0.2, 0.25) is 0 Å².